The molecule has 0 amide bonds. The highest BCUT2D eigenvalue weighted by atomic mass is 13.9. The second-order valence-corrected chi connectivity index (χ2v) is 4.31. The third-order valence-corrected chi connectivity index (χ3v) is 2.73. The lowest BCUT2D eigenvalue weighted by atomic mass is 10.1. The average Bonchev–Trinajstić information content (AvgIpc) is 2.57. The molecule has 0 N–H and O–H groups in total. The quantitative estimate of drug-likeness (QED) is 0.529. The standard InChI is InChI=1S/C14H12.C6H6/c1-3-7-13(8-4-1)11-12-14-9-5-2-6-10-14;1-2-4-6-5-3-1/h1-12H;1-6H. The van der Waals surface area contributed by atoms with E-state index in [4.69, 9.17) is 0 Å². The highest BCUT2D eigenvalue weighted by Gasteiger charge is 1.84. The highest BCUT2D eigenvalue weighted by molar-refractivity contribution is 5.69. The van der Waals surface area contributed by atoms with Gasteiger partial charge in [0.05, 0.1) is 0 Å². The molecule has 3 aromatic rings. The van der Waals surface area contributed by atoms with Crippen molar-refractivity contribution < 1.29 is 0 Å². The second kappa shape index (κ2) is 8.49. The Morgan fingerprint density at radius 3 is 0.900 bits per heavy atom. The van der Waals surface area contributed by atoms with Crippen molar-refractivity contribution in [2.24, 2.45) is 0 Å². The van der Waals surface area contributed by atoms with Crippen LogP contribution in [0.4, 0.5) is 0 Å². The van der Waals surface area contributed by atoms with Crippen LogP contribution >= 0.6 is 0 Å². The van der Waals surface area contributed by atoms with Crippen LogP contribution in [0.3, 0.4) is 0 Å². The van der Waals surface area contributed by atoms with E-state index in [2.05, 4.69) is 36.4 Å². The van der Waals surface area contributed by atoms with Crippen LogP contribution in [0.25, 0.3) is 12.2 Å². The third-order valence-electron chi connectivity index (χ3n) is 2.73. The number of hydrogen-bond donors (Lipinski definition) is 0. The predicted octanol–water partition coefficient (Wildman–Crippen LogP) is 5.54. The molecule has 0 saturated carbocycles. The summed E-state index contributed by atoms with van der Waals surface area (Å²) in [7, 11) is 0. The van der Waals surface area contributed by atoms with Crippen molar-refractivity contribution in [1.82, 2.24) is 0 Å². The van der Waals surface area contributed by atoms with E-state index < -0.39 is 0 Å². The molecule has 0 atom stereocenters. The van der Waals surface area contributed by atoms with Crippen molar-refractivity contribution in [2.75, 3.05) is 0 Å². The Hall–Kier alpha value is -2.60. The monoisotopic (exact) mass is 258 g/mol. The molecule has 0 nitrogen and oxygen atoms in total. The second-order valence-electron chi connectivity index (χ2n) is 4.31. The first-order valence-electron chi connectivity index (χ1n) is 6.73. The Morgan fingerprint density at radius 1 is 0.350 bits per heavy atom. The average molecular weight is 258 g/mol. The van der Waals surface area contributed by atoms with Crippen molar-refractivity contribution in [3.05, 3.63) is 108 Å². The number of benzene rings is 3. The molecule has 0 aliphatic heterocycles. The molecule has 20 heavy (non-hydrogen) atoms. The van der Waals surface area contributed by atoms with Gasteiger partial charge in [-0.25, -0.2) is 0 Å². The van der Waals surface area contributed by atoms with Gasteiger partial charge in [-0.05, 0) is 11.1 Å². The van der Waals surface area contributed by atoms with Crippen LogP contribution in [-0.2, 0) is 0 Å². The number of hydrogen-bond acceptors (Lipinski definition) is 0. The van der Waals surface area contributed by atoms with Gasteiger partial charge in [0.2, 0.25) is 0 Å². The van der Waals surface area contributed by atoms with Gasteiger partial charge in [-0.15, -0.1) is 0 Å². The molecule has 0 aliphatic carbocycles. The van der Waals surface area contributed by atoms with Crippen molar-refractivity contribution in [2.45, 2.75) is 0 Å². The zero-order valence-electron chi connectivity index (χ0n) is 11.4. The molecular weight excluding hydrogens is 240 g/mol. The lowest BCUT2D eigenvalue weighted by Gasteiger charge is -1.92. The third kappa shape index (κ3) is 5.36. The first-order valence-corrected chi connectivity index (χ1v) is 6.73. The fourth-order valence-electron chi connectivity index (χ4n) is 1.71. The van der Waals surface area contributed by atoms with Crippen molar-refractivity contribution in [3.8, 4) is 0 Å². The van der Waals surface area contributed by atoms with Crippen molar-refractivity contribution >= 4 is 12.2 Å². The van der Waals surface area contributed by atoms with Crippen molar-refractivity contribution in [1.29, 1.82) is 0 Å². The molecule has 0 spiro atoms. The molecule has 0 bridgehead atoms. The molecule has 3 rings (SSSR count). The Balaban J connectivity index is 0.000000205. The maximum Gasteiger partial charge on any atom is -0.0256 e. The van der Waals surface area contributed by atoms with E-state index in [1.807, 2.05) is 72.8 Å². The summed E-state index contributed by atoms with van der Waals surface area (Å²) in [6.07, 6.45) is 4.24. The topological polar surface area (TPSA) is 0 Å². The summed E-state index contributed by atoms with van der Waals surface area (Å²) in [4.78, 5) is 0. The summed E-state index contributed by atoms with van der Waals surface area (Å²) in [6, 6.07) is 32.6. The minimum absolute atomic E-state index is 1.23. The van der Waals surface area contributed by atoms with E-state index in [1.165, 1.54) is 11.1 Å². The van der Waals surface area contributed by atoms with Crippen LogP contribution in [0.5, 0.6) is 0 Å². The largest absolute Gasteiger partial charge is 0.0623 e. The van der Waals surface area contributed by atoms with E-state index in [0.717, 1.165) is 0 Å². The van der Waals surface area contributed by atoms with Crippen LogP contribution in [0.1, 0.15) is 11.1 Å². The Labute approximate surface area is 121 Å². The maximum atomic E-state index is 2.12. The van der Waals surface area contributed by atoms with E-state index in [-0.39, 0.29) is 0 Å². The Bertz CT molecular complexity index is 527. The Kier molecular flexibility index (Phi) is 5.87. The molecule has 3 aromatic carbocycles. The van der Waals surface area contributed by atoms with Gasteiger partial charge in [-0.1, -0.05) is 109 Å². The smallest absolute Gasteiger partial charge is 0.0256 e. The lowest BCUT2D eigenvalue weighted by molar-refractivity contribution is 1.65. The summed E-state index contributed by atoms with van der Waals surface area (Å²) in [5.74, 6) is 0. The first kappa shape index (κ1) is 13.8. The summed E-state index contributed by atoms with van der Waals surface area (Å²) < 4.78 is 0. The van der Waals surface area contributed by atoms with Gasteiger partial charge in [-0.2, -0.15) is 0 Å². The van der Waals surface area contributed by atoms with Gasteiger partial charge >= 0.3 is 0 Å². The van der Waals surface area contributed by atoms with Gasteiger partial charge < -0.3 is 0 Å². The van der Waals surface area contributed by atoms with Crippen LogP contribution in [0, 0.1) is 0 Å². The van der Waals surface area contributed by atoms with Gasteiger partial charge in [-0.3, -0.25) is 0 Å². The normalized spacial score (nSPS) is 9.80. The van der Waals surface area contributed by atoms with Gasteiger partial charge in [0, 0.05) is 0 Å². The van der Waals surface area contributed by atoms with E-state index in [9.17, 15) is 0 Å². The van der Waals surface area contributed by atoms with Crippen molar-refractivity contribution in [3.63, 3.8) is 0 Å². The molecule has 0 aromatic heterocycles. The SMILES string of the molecule is C(=Cc1ccccc1)c1ccccc1.c1ccccc1. The predicted molar refractivity (Wildman–Crippen MR) is 88.3 cm³/mol. The fourth-order valence-corrected chi connectivity index (χ4v) is 1.71. The first-order chi connectivity index (χ1) is 9.95. The summed E-state index contributed by atoms with van der Waals surface area (Å²) >= 11 is 0. The van der Waals surface area contributed by atoms with E-state index in [0.29, 0.717) is 0 Å². The van der Waals surface area contributed by atoms with Crippen LogP contribution in [0.15, 0.2) is 97.1 Å². The summed E-state index contributed by atoms with van der Waals surface area (Å²) in [6.45, 7) is 0. The maximum absolute atomic E-state index is 2.12. The van der Waals surface area contributed by atoms with Crippen LogP contribution in [-0.4, -0.2) is 0 Å². The lowest BCUT2D eigenvalue weighted by Crippen LogP contribution is -1.70. The molecular formula is C20H18. The van der Waals surface area contributed by atoms with Crippen LogP contribution < -0.4 is 0 Å². The highest BCUT2D eigenvalue weighted by Crippen LogP contribution is 2.06. The molecule has 0 aliphatic rings. The molecule has 0 heterocycles. The van der Waals surface area contributed by atoms with E-state index in [1.54, 1.807) is 0 Å². The van der Waals surface area contributed by atoms with E-state index >= 15 is 0 Å². The molecule has 0 unspecified atom stereocenters. The fraction of sp³-hybridized carbons (Fsp3) is 0. The Morgan fingerprint density at radius 2 is 0.600 bits per heavy atom. The minimum atomic E-state index is 1.23. The summed E-state index contributed by atoms with van der Waals surface area (Å²) in [5, 5.41) is 0. The van der Waals surface area contributed by atoms with Crippen LogP contribution in [0.2, 0.25) is 0 Å². The molecule has 0 heteroatoms. The van der Waals surface area contributed by atoms with Gasteiger partial charge in [0.1, 0.15) is 0 Å². The minimum Gasteiger partial charge on any atom is -0.0623 e. The zero-order chi connectivity index (χ0) is 13.9. The number of rotatable bonds is 2. The molecule has 0 saturated heterocycles. The molecule has 0 fully saturated rings. The van der Waals surface area contributed by atoms with Gasteiger partial charge in [0.25, 0.3) is 0 Å². The summed E-state index contributed by atoms with van der Waals surface area (Å²) in [5.41, 5.74) is 2.47. The molecule has 98 valence electrons. The van der Waals surface area contributed by atoms with Gasteiger partial charge in [0.15, 0.2) is 0 Å². The molecule has 0 radical (unpaired) electrons. The zero-order valence-corrected chi connectivity index (χ0v) is 11.4.